The lowest BCUT2D eigenvalue weighted by atomic mass is 10.1. The van der Waals surface area contributed by atoms with E-state index in [4.69, 9.17) is 4.74 Å². The summed E-state index contributed by atoms with van der Waals surface area (Å²) in [5.74, 6) is 1.02. The maximum absolute atomic E-state index is 11.6. The minimum absolute atomic E-state index is 0.132. The summed E-state index contributed by atoms with van der Waals surface area (Å²) >= 11 is 1.62. The molecule has 158 valence electrons. The molecule has 0 fully saturated rings. The van der Waals surface area contributed by atoms with Crippen molar-refractivity contribution in [2.45, 2.75) is 37.5 Å². The van der Waals surface area contributed by atoms with Gasteiger partial charge >= 0.3 is 0 Å². The van der Waals surface area contributed by atoms with Crippen molar-refractivity contribution in [3.05, 3.63) is 67.1 Å². The highest BCUT2D eigenvalue weighted by Gasteiger charge is 2.19. The second kappa shape index (κ2) is 9.35. The third-order valence-electron chi connectivity index (χ3n) is 4.95. The number of aromatic nitrogens is 3. The minimum Gasteiger partial charge on any atom is -0.494 e. The molecule has 0 aliphatic rings. The van der Waals surface area contributed by atoms with Crippen molar-refractivity contribution in [2.24, 2.45) is 0 Å². The Balaban J connectivity index is 1.86. The van der Waals surface area contributed by atoms with Crippen molar-refractivity contribution in [2.75, 3.05) is 6.61 Å². The summed E-state index contributed by atoms with van der Waals surface area (Å²) in [5.41, 5.74) is 4.02. The number of rotatable bonds is 8. The molecule has 0 bridgehead atoms. The summed E-state index contributed by atoms with van der Waals surface area (Å²) in [5, 5.41) is 2.03. The average Bonchev–Trinajstić information content (AvgIpc) is 3.15. The Bertz CT molecular complexity index is 1190. The van der Waals surface area contributed by atoms with Gasteiger partial charge in [0.25, 0.3) is 0 Å². The van der Waals surface area contributed by atoms with Gasteiger partial charge in [0.1, 0.15) is 28.5 Å². The summed E-state index contributed by atoms with van der Waals surface area (Å²) in [6, 6.07) is 18.3. The number of Topliss-reactive ketones (excluding diaryl/α,β-unsaturated/α-hetero) is 1. The van der Waals surface area contributed by atoms with E-state index in [1.54, 1.807) is 25.0 Å². The maximum atomic E-state index is 11.6. The fourth-order valence-corrected chi connectivity index (χ4v) is 4.79. The van der Waals surface area contributed by atoms with Crippen molar-refractivity contribution in [1.29, 1.82) is 0 Å². The first-order valence-corrected chi connectivity index (χ1v) is 11.3. The van der Waals surface area contributed by atoms with Crippen molar-refractivity contribution in [1.82, 2.24) is 14.5 Å². The topological polar surface area (TPSA) is 57.0 Å². The highest BCUT2D eigenvalue weighted by molar-refractivity contribution is 8.00. The standard InChI is InChI=1S/C25H25N3O2S/c1-4-30-21-12-10-20(11-13-21)28-15-22(19-8-6-5-7-9-19)23-24(28)26-16-27-25(23)31-18(3)14-17(2)29/h5-13,15-16,18H,4,14H2,1-3H3/t18-/m0/s1. The minimum atomic E-state index is 0.132. The number of carbonyl (C=O) groups excluding carboxylic acids is 1. The van der Waals surface area contributed by atoms with E-state index in [0.717, 1.165) is 38.6 Å². The number of benzene rings is 2. The molecule has 2 aromatic carbocycles. The van der Waals surface area contributed by atoms with Gasteiger partial charge in [-0.25, -0.2) is 9.97 Å². The lowest BCUT2D eigenvalue weighted by molar-refractivity contribution is -0.116. The van der Waals surface area contributed by atoms with Gasteiger partial charge in [-0.1, -0.05) is 37.3 Å². The van der Waals surface area contributed by atoms with Gasteiger partial charge in [-0.2, -0.15) is 0 Å². The van der Waals surface area contributed by atoms with E-state index >= 15 is 0 Å². The molecule has 1 atom stereocenters. The molecule has 4 rings (SSSR count). The zero-order valence-electron chi connectivity index (χ0n) is 17.9. The van der Waals surface area contributed by atoms with Crippen LogP contribution in [0, 0.1) is 0 Å². The molecule has 2 heterocycles. The first-order valence-electron chi connectivity index (χ1n) is 10.4. The first-order chi connectivity index (χ1) is 15.1. The monoisotopic (exact) mass is 431 g/mol. The summed E-state index contributed by atoms with van der Waals surface area (Å²) in [7, 11) is 0. The fourth-order valence-electron chi connectivity index (χ4n) is 3.66. The van der Waals surface area contributed by atoms with Crippen LogP contribution in [0.25, 0.3) is 27.8 Å². The second-order valence-electron chi connectivity index (χ2n) is 7.42. The SMILES string of the molecule is CCOc1ccc(-n2cc(-c3ccccc3)c3c(S[C@@H](C)CC(C)=O)ncnc32)cc1. The normalized spacial score (nSPS) is 12.1. The third kappa shape index (κ3) is 4.64. The smallest absolute Gasteiger partial charge is 0.149 e. The zero-order chi connectivity index (χ0) is 21.8. The van der Waals surface area contributed by atoms with Crippen LogP contribution in [0.5, 0.6) is 5.75 Å². The van der Waals surface area contributed by atoms with Gasteiger partial charge in [-0.3, -0.25) is 4.79 Å². The number of fused-ring (bicyclic) bond motifs is 1. The van der Waals surface area contributed by atoms with Gasteiger partial charge in [0.05, 0.1) is 12.0 Å². The van der Waals surface area contributed by atoms with Crippen LogP contribution in [0.1, 0.15) is 27.2 Å². The predicted molar refractivity (Wildman–Crippen MR) is 126 cm³/mol. The van der Waals surface area contributed by atoms with Crippen molar-refractivity contribution in [3.8, 4) is 22.6 Å². The number of hydrogen-bond donors (Lipinski definition) is 0. The summed E-state index contributed by atoms with van der Waals surface area (Å²) in [4.78, 5) is 20.8. The molecule has 0 aliphatic carbocycles. The summed E-state index contributed by atoms with van der Waals surface area (Å²) in [6.45, 7) is 6.30. The predicted octanol–water partition coefficient (Wildman–Crippen LogP) is 5.95. The van der Waals surface area contributed by atoms with Crippen molar-refractivity contribution < 1.29 is 9.53 Å². The van der Waals surface area contributed by atoms with Gasteiger partial charge in [0, 0.05) is 29.1 Å². The first kappa shape index (κ1) is 21.1. The Morgan fingerprint density at radius 3 is 2.52 bits per heavy atom. The van der Waals surface area contributed by atoms with Crippen LogP contribution in [0.4, 0.5) is 0 Å². The largest absolute Gasteiger partial charge is 0.494 e. The fraction of sp³-hybridized carbons (Fsp3) is 0.240. The lowest BCUT2D eigenvalue weighted by Crippen LogP contribution is -2.04. The quantitative estimate of drug-likeness (QED) is 0.255. The van der Waals surface area contributed by atoms with Crippen LogP contribution in [-0.4, -0.2) is 32.2 Å². The lowest BCUT2D eigenvalue weighted by Gasteiger charge is -2.10. The molecule has 0 saturated heterocycles. The number of carbonyl (C=O) groups is 1. The van der Waals surface area contributed by atoms with Gasteiger partial charge in [0.2, 0.25) is 0 Å². The zero-order valence-corrected chi connectivity index (χ0v) is 18.7. The van der Waals surface area contributed by atoms with Crippen molar-refractivity contribution in [3.63, 3.8) is 0 Å². The van der Waals surface area contributed by atoms with E-state index in [2.05, 4.69) is 39.8 Å². The molecular formula is C25H25N3O2S. The number of thioether (sulfide) groups is 1. The van der Waals surface area contributed by atoms with Crippen LogP contribution < -0.4 is 4.74 Å². The number of nitrogens with zero attached hydrogens (tertiary/aromatic N) is 3. The van der Waals surface area contributed by atoms with E-state index < -0.39 is 0 Å². The van der Waals surface area contributed by atoms with E-state index in [1.165, 1.54) is 0 Å². The highest BCUT2D eigenvalue weighted by Crippen LogP contribution is 2.38. The molecular weight excluding hydrogens is 406 g/mol. The Hall–Kier alpha value is -3.12. The van der Waals surface area contributed by atoms with Gasteiger partial charge in [-0.05, 0) is 43.7 Å². The van der Waals surface area contributed by atoms with E-state index in [-0.39, 0.29) is 11.0 Å². The molecule has 0 aliphatic heterocycles. The molecule has 2 aromatic heterocycles. The molecule has 0 unspecified atom stereocenters. The molecule has 0 saturated carbocycles. The Labute approximate surface area is 186 Å². The second-order valence-corrected chi connectivity index (χ2v) is 8.84. The van der Waals surface area contributed by atoms with Crippen molar-refractivity contribution >= 4 is 28.6 Å². The molecule has 0 radical (unpaired) electrons. The van der Waals surface area contributed by atoms with Crippen LogP contribution in [0.3, 0.4) is 0 Å². The summed E-state index contributed by atoms with van der Waals surface area (Å²) < 4.78 is 7.68. The van der Waals surface area contributed by atoms with Gasteiger partial charge in [0.15, 0.2) is 0 Å². The van der Waals surface area contributed by atoms with E-state index in [9.17, 15) is 4.79 Å². The Kier molecular flexibility index (Phi) is 6.37. The molecule has 0 amide bonds. The molecule has 31 heavy (non-hydrogen) atoms. The third-order valence-corrected chi connectivity index (χ3v) is 6.05. The van der Waals surface area contributed by atoms with Crippen LogP contribution in [-0.2, 0) is 4.79 Å². The van der Waals surface area contributed by atoms with Crippen LogP contribution >= 0.6 is 11.8 Å². The van der Waals surface area contributed by atoms with Gasteiger partial charge in [-0.15, -0.1) is 11.8 Å². The van der Waals surface area contributed by atoms with Crippen LogP contribution in [0.15, 0.2) is 72.1 Å². The maximum Gasteiger partial charge on any atom is 0.149 e. The molecule has 5 nitrogen and oxygen atoms in total. The molecule has 0 N–H and O–H groups in total. The number of hydrogen-bond acceptors (Lipinski definition) is 5. The van der Waals surface area contributed by atoms with Crippen LogP contribution in [0.2, 0.25) is 0 Å². The average molecular weight is 432 g/mol. The van der Waals surface area contributed by atoms with E-state index in [1.807, 2.05) is 49.4 Å². The number of ether oxygens (including phenoxy) is 1. The molecule has 4 aromatic rings. The number of ketones is 1. The Morgan fingerprint density at radius 2 is 1.84 bits per heavy atom. The van der Waals surface area contributed by atoms with E-state index in [0.29, 0.717) is 13.0 Å². The molecule has 0 spiro atoms. The van der Waals surface area contributed by atoms with Gasteiger partial charge < -0.3 is 9.30 Å². The Morgan fingerprint density at radius 1 is 1.10 bits per heavy atom. The molecule has 6 heteroatoms. The summed E-state index contributed by atoms with van der Waals surface area (Å²) in [6.07, 6.45) is 4.23. The highest BCUT2D eigenvalue weighted by atomic mass is 32.2.